The van der Waals surface area contributed by atoms with Crippen molar-refractivity contribution < 1.29 is 14.0 Å². The lowest BCUT2D eigenvalue weighted by atomic mass is 9.88. The Morgan fingerprint density at radius 2 is 1.53 bits per heavy atom. The minimum atomic E-state index is -0.522. The number of amides is 2. The van der Waals surface area contributed by atoms with Crippen LogP contribution in [-0.4, -0.2) is 21.6 Å². The predicted molar refractivity (Wildman–Crippen MR) is 115 cm³/mol. The van der Waals surface area contributed by atoms with Crippen LogP contribution >= 0.6 is 0 Å². The first-order valence-electron chi connectivity index (χ1n) is 9.82. The number of hydrazine groups is 1. The molecule has 158 valence electrons. The zero-order valence-corrected chi connectivity index (χ0v) is 18.2. The van der Waals surface area contributed by atoms with Crippen molar-refractivity contribution in [1.29, 1.82) is 0 Å². The summed E-state index contributed by atoms with van der Waals surface area (Å²) < 4.78 is 6.92. The topological polar surface area (TPSA) is 89.2 Å². The number of furan rings is 1. The Balaban J connectivity index is 1.79. The van der Waals surface area contributed by atoms with E-state index in [2.05, 4.69) is 58.5 Å². The Kier molecular flexibility index (Phi) is 5.57. The number of nitrogens with zero attached hydrogens (tertiary/aromatic N) is 2. The zero-order chi connectivity index (χ0) is 22.1. The normalized spacial score (nSPS) is 11.9. The molecule has 0 unspecified atom stereocenters. The Bertz CT molecular complexity index is 1030. The number of nitrogens with one attached hydrogen (secondary N) is 2. The molecule has 2 amide bonds. The molecule has 0 atom stereocenters. The van der Waals surface area contributed by atoms with E-state index < -0.39 is 11.8 Å². The lowest BCUT2D eigenvalue weighted by molar-refractivity contribution is 0.0831. The molecule has 3 aromatic rings. The first-order valence-corrected chi connectivity index (χ1v) is 9.82. The van der Waals surface area contributed by atoms with Crippen LogP contribution < -0.4 is 10.9 Å². The number of hydrogen-bond acceptors (Lipinski definition) is 4. The number of benzene rings is 1. The summed E-state index contributed by atoms with van der Waals surface area (Å²) >= 11 is 0. The summed E-state index contributed by atoms with van der Waals surface area (Å²) in [6.07, 6.45) is 1.39. The van der Waals surface area contributed by atoms with Crippen molar-refractivity contribution in [1.82, 2.24) is 20.6 Å². The molecule has 30 heavy (non-hydrogen) atoms. The molecule has 0 aliphatic heterocycles. The second kappa shape index (κ2) is 7.82. The number of aromatic nitrogens is 2. The third-order valence-corrected chi connectivity index (χ3v) is 4.65. The Morgan fingerprint density at radius 3 is 2.07 bits per heavy atom. The highest BCUT2D eigenvalue weighted by Crippen LogP contribution is 2.30. The molecule has 0 aliphatic rings. The molecule has 0 spiro atoms. The summed E-state index contributed by atoms with van der Waals surface area (Å²) in [6, 6.07) is 12.4. The van der Waals surface area contributed by atoms with E-state index in [1.165, 1.54) is 12.3 Å². The molecule has 1 aromatic carbocycles. The standard InChI is InChI=1S/C23H28N4O3/c1-22(2,3)18-14-19(23(4,5)6)27(26-18)16-11-9-15(10-12-16)20(28)24-25-21(29)17-8-7-13-30-17/h7-14H,1-6H3,(H,24,28)(H,25,29). The molecular weight excluding hydrogens is 380 g/mol. The van der Waals surface area contributed by atoms with Crippen LogP contribution in [0.4, 0.5) is 0 Å². The zero-order valence-electron chi connectivity index (χ0n) is 18.2. The summed E-state index contributed by atoms with van der Waals surface area (Å²) in [5.41, 5.74) is 7.93. The van der Waals surface area contributed by atoms with E-state index >= 15 is 0 Å². The van der Waals surface area contributed by atoms with Crippen molar-refractivity contribution in [2.24, 2.45) is 0 Å². The van der Waals surface area contributed by atoms with Crippen molar-refractivity contribution >= 4 is 11.8 Å². The highest BCUT2D eigenvalue weighted by atomic mass is 16.3. The molecule has 0 saturated carbocycles. The van der Waals surface area contributed by atoms with E-state index in [9.17, 15) is 9.59 Å². The molecule has 3 rings (SSSR count). The van der Waals surface area contributed by atoms with Crippen LogP contribution in [-0.2, 0) is 10.8 Å². The Labute approximate surface area is 176 Å². The monoisotopic (exact) mass is 408 g/mol. The molecular formula is C23H28N4O3. The van der Waals surface area contributed by atoms with Gasteiger partial charge in [-0.05, 0) is 42.5 Å². The van der Waals surface area contributed by atoms with Crippen LogP contribution in [0, 0.1) is 0 Å². The fourth-order valence-corrected chi connectivity index (χ4v) is 2.89. The van der Waals surface area contributed by atoms with Gasteiger partial charge in [0.25, 0.3) is 5.91 Å². The average molecular weight is 409 g/mol. The van der Waals surface area contributed by atoms with E-state index in [1.807, 2.05) is 16.8 Å². The van der Waals surface area contributed by atoms with Crippen LogP contribution in [0.2, 0.25) is 0 Å². The smallest absolute Gasteiger partial charge is 0.305 e. The van der Waals surface area contributed by atoms with E-state index in [4.69, 9.17) is 9.52 Å². The van der Waals surface area contributed by atoms with Gasteiger partial charge in [0.05, 0.1) is 17.6 Å². The van der Waals surface area contributed by atoms with Crippen LogP contribution in [0.15, 0.2) is 53.1 Å². The molecule has 0 bridgehead atoms. The second-order valence-corrected chi connectivity index (χ2v) is 9.26. The van der Waals surface area contributed by atoms with Crippen LogP contribution in [0.1, 0.15) is 73.8 Å². The SMILES string of the molecule is CC(C)(C)c1cc(C(C)(C)C)n(-c2ccc(C(=O)NNC(=O)c3ccco3)cc2)n1. The molecule has 0 radical (unpaired) electrons. The van der Waals surface area contributed by atoms with Gasteiger partial charge in [0.2, 0.25) is 0 Å². The molecule has 0 fully saturated rings. The summed E-state index contributed by atoms with van der Waals surface area (Å²) in [6.45, 7) is 12.9. The van der Waals surface area contributed by atoms with Gasteiger partial charge >= 0.3 is 5.91 Å². The predicted octanol–water partition coefficient (Wildman–Crippen LogP) is 4.14. The average Bonchev–Trinajstić information content (AvgIpc) is 3.35. The van der Waals surface area contributed by atoms with Crippen LogP contribution in [0.25, 0.3) is 5.69 Å². The molecule has 0 aliphatic carbocycles. The lowest BCUT2D eigenvalue weighted by Gasteiger charge is -2.20. The fraction of sp³-hybridized carbons (Fsp3) is 0.348. The van der Waals surface area contributed by atoms with Crippen molar-refractivity contribution in [3.8, 4) is 5.69 Å². The van der Waals surface area contributed by atoms with E-state index in [-0.39, 0.29) is 16.6 Å². The van der Waals surface area contributed by atoms with Gasteiger partial charge in [-0.3, -0.25) is 20.4 Å². The number of rotatable bonds is 3. The van der Waals surface area contributed by atoms with Gasteiger partial charge in [0.1, 0.15) is 0 Å². The lowest BCUT2D eigenvalue weighted by Crippen LogP contribution is -2.41. The van der Waals surface area contributed by atoms with Gasteiger partial charge in [-0.2, -0.15) is 5.10 Å². The molecule has 0 saturated heterocycles. The number of hydrogen-bond donors (Lipinski definition) is 2. The second-order valence-electron chi connectivity index (χ2n) is 9.26. The third-order valence-electron chi connectivity index (χ3n) is 4.65. The first kappa shape index (κ1) is 21.4. The quantitative estimate of drug-likeness (QED) is 0.638. The molecule has 7 nitrogen and oxygen atoms in total. The highest BCUT2D eigenvalue weighted by Gasteiger charge is 2.26. The van der Waals surface area contributed by atoms with Gasteiger partial charge in [-0.1, -0.05) is 41.5 Å². The van der Waals surface area contributed by atoms with E-state index in [1.54, 1.807) is 18.2 Å². The van der Waals surface area contributed by atoms with Crippen molar-refractivity contribution in [3.05, 3.63) is 71.4 Å². The van der Waals surface area contributed by atoms with Crippen molar-refractivity contribution in [2.45, 2.75) is 52.4 Å². The van der Waals surface area contributed by atoms with Crippen LogP contribution in [0.3, 0.4) is 0 Å². The third kappa shape index (κ3) is 4.62. The van der Waals surface area contributed by atoms with E-state index in [0.717, 1.165) is 17.1 Å². The Morgan fingerprint density at radius 1 is 0.900 bits per heavy atom. The fourth-order valence-electron chi connectivity index (χ4n) is 2.89. The van der Waals surface area contributed by atoms with Gasteiger partial charge < -0.3 is 4.42 Å². The molecule has 2 heterocycles. The maximum atomic E-state index is 12.3. The minimum absolute atomic E-state index is 0.0721. The first-order chi connectivity index (χ1) is 14.0. The summed E-state index contributed by atoms with van der Waals surface area (Å²) in [4.78, 5) is 24.2. The summed E-state index contributed by atoms with van der Waals surface area (Å²) in [5, 5.41) is 4.83. The summed E-state index contributed by atoms with van der Waals surface area (Å²) in [7, 11) is 0. The maximum Gasteiger partial charge on any atom is 0.305 e. The van der Waals surface area contributed by atoms with Gasteiger partial charge in [0.15, 0.2) is 5.76 Å². The summed E-state index contributed by atoms with van der Waals surface area (Å²) in [5.74, 6) is -0.826. The van der Waals surface area contributed by atoms with Crippen molar-refractivity contribution in [3.63, 3.8) is 0 Å². The molecule has 7 heteroatoms. The highest BCUT2D eigenvalue weighted by molar-refractivity contribution is 5.98. The van der Waals surface area contributed by atoms with Gasteiger partial charge in [-0.15, -0.1) is 0 Å². The maximum absolute atomic E-state index is 12.3. The number of carbonyl (C=O) groups is 2. The van der Waals surface area contributed by atoms with E-state index in [0.29, 0.717) is 5.56 Å². The van der Waals surface area contributed by atoms with Crippen molar-refractivity contribution in [2.75, 3.05) is 0 Å². The largest absolute Gasteiger partial charge is 0.459 e. The Hall–Kier alpha value is -3.35. The minimum Gasteiger partial charge on any atom is -0.459 e. The van der Waals surface area contributed by atoms with Gasteiger partial charge in [-0.25, -0.2) is 4.68 Å². The van der Waals surface area contributed by atoms with Gasteiger partial charge in [0, 0.05) is 22.1 Å². The molecule has 2 aromatic heterocycles. The van der Waals surface area contributed by atoms with Crippen LogP contribution in [0.5, 0.6) is 0 Å². The number of carbonyl (C=O) groups excluding carboxylic acids is 2. The molecule has 2 N–H and O–H groups in total.